The maximum atomic E-state index is 11.7. The van der Waals surface area contributed by atoms with E-state index in [0.717, 1.165) is 11.1 Å². The molecule has 0 fully saturated rings. The summed E-state index contributed by atoms with van der Waals surface area (Å²) in [6, 6.07) is 14.3. The SMILES string of the molecule is COC(=O)COc1ccc(/C=N\NC(=O)COc2ccccc2C)cc1. The summed E-state index contributed by atoms with van der Waals surface area (Å²) >= 11 is 0. The van der Waals surface area contributed by atoms with Crippen LogP contribution in [0.5, 0.6) is 11.5 Å². The second kappa shape index (κ2) is 9.83. The minimum absolute atomic E-state index is 0.123. The van der Waals surface area contributed by atoms with Crippen molar-refractivity contribution < 1.29 is 23.8 Å². The number of rotatable bonds is 8. The number of para-hydroxylation sites is 1. The Morgan fingerprint density at radius 3 is 2.46 bits per heavy atom. The molecule has 0 heterocycles. The fourth-order valence-corrected chi connectivity index (χ4v) is 1.92. The maximum Gasteiger partial charge on any atom is 0.343 e. The average Bonchev–Trinajstić information content (AvgIpc) is 2.66. The molecule has 0 aliphatic rings. The number of hydrazone groups is 1. The lowest BCUT2D eigenvalue weighted by atomic mass is 10.2. The zero-order valence-corrected chi connectivity index (χ0v) is 14.6. The zero-order chi connectivity index (χ0) is 18.8. The van der Waals surface area contributed by atoms with Crippen molar-refractivity contribution in [3.8, 4) is 11.5 Å². The maximum absolute atomic E-state index is 11.7. The van der Waals surface area contributed by atoms with Crippen LogP contribution in [0.15, 0.2) is 53.6 Å². The van der Waals surface area contributed by atoms with Crippen LogP contribution in [0.25, 0.3) is 0 Å². The quantitative estimate of drug-likeness (QED) is 0.445. The molecule has 7 heteroatoms. The van der Waals surface area contributed by atoms with Crippen LogP contribution >= 0.6 is 0 Å². The van der Waals surface area contributed by atoms with E-state index in [9.17, 15) is 9.59 Å². The third-order valence-electron chi connectivity index (χ3n) is 3.32. The summed E-state index contributed by atoms with van der Waals surface area (Å²) in [6.45, 7) is 1.63. The Labute approximate surface area is 151 Å². The molecule has 2 rings (SSSR count). The molecule has 0 aromatic heterocycles. The number of hydrogen-bond acceptors (Lipinski definition) is 6. The molecule has 136 valence electrons. The minimum atomic E-state index is -0.453. The smallest absolute Gasteiger partial charge is 0.343 e. The molecule has 0 aliphatic heterocycles. The monoisotopic (exact) mass is 356 g/mol. The normalized spacial score (nSPS) is 10.4. The van der Waals surface area contributed by atoms with E-state index in [1.165, 1.54) is 13.3 Å². The fourth-order valence-electron chi connectivity index (χ4n) is 1.92. The summed E-state index contributed by atoms with van der Waals surface area (Å²) in [5.74, 6) is 0.381. The molecule has 26 heavy (non-hydrogen) atoms. The molecule has 1 N–H and O–H groups in total. The number of carbonyl (C=O) groups excluding carboxylic acids is 2. The van der Waals surface area contributed by atoms with Gasteiger partial charge in [0.15, 0.2) is 13.2 Å². The minimum Gasteiger partial charge on any atom is -0.483 e. The number of aryl methyl sites for hydroxylation is 1. The van der Waals surface area contributed by atoms with Gasteiger partial charge in [0.1, 0.15) is 11.5 Å². The lowest BCUT2D eigenvalue weighted by Crippen LogP contribution is -2.24. The van der Waals surface area contributed by atoms with Crippen LogP contribution < -0.4 is 14.9 Å². The molecular formula is C19H20N2O5. The van der Waals surface area contributed by atoms with E-state index in [-0.39, 0.29) is 19.1 Å². The Hall–Kier alpha value is -3.35. The van der Waals surface area contributed by atoms with E-state index < -0.39 is 5.97 Å². The van der Waals surface area contributed by atoms with Gasteiger partial charge < -0.3 is 14.2 Å². The Balaban J connectivity index is 1.76. The third-order valence-corrected chi connectivity index (χ3v) is 3.32. The summed E-state index contributed by atoms with van der Waals surface area (Å²) in [6.07, 6.45) is 1.50. The Morgan fingerprint density at radius 2 is 1.77 bits per heavy atom. The molecule has 0 bridgehead atoms. The van der Waals surface area contributed by atoms with Gasteiger partial charge in [-0.15, -0.1) is 0 Å². The third kappa shape index (κ3) is 6.27. The van der Waals surface area contributed by atoms with Crippen LogP contribution in [0.1, 0.15) is 11.1 Å². The number of benzene rings is 2. The van der Waals surface area contributed by atoms with Gasteiger partial charge in [-0.3, -0.25) is 4.79 Å². The van der Waals surface area contributed by atoms with E-state index in [0.29, 0.717) is 11.5 Å². The van der Waals surface area contributed by atoms with Crippen molar-refractivity contribution in [3.05, 3.63) is 59.7 Å². The van der Waals surface area contributed by atoms with Gasteiger partial charge in [0.05, 0.1) is 13.3 Å². The largest absolute Gasteiger partial charge is 0.483 e. The van der Waals surface area contributed by atoms with Crippen molar-refractivity contribution in [3.63, 3.8) is 0 Å². The van der Waals surface area contributed by atoms with Crippen molar-refractivity contribution >= 4 is 18.1 Å². The number of methoxy groups -OCH3 is 1. The van der Waals surface area contributed by atoms with Crippen molar-refractivity contribution in [1.82, 2.24) is 5.43 Å². The summed E-state index contributed by atoms with van der Waals surface area (Å²) in [4.78, 5) is 22.7. The Kier molecular flexibility index (Phi) is 7.17. The van der Waals surface area contributed by atoms with Crippen LogP contribution in [0.4, 0.5) is 0 Å². The first-order valence-electron chi connectivity index (χ1n) is 7.88. The van der Waals surface area contributed by atoms with E-state index >= 15 is 0 Å². The van der Waals surface area contributed by atoms with Gasteiger partial charge >= 0.3 is 5.97 Å². The van der Waals surface area contributed by atoms with Crippen LogP contribution in [0.3, 0.4) is 0 Å². The van der Waals surface area contributed by atoms with Gasteiger partial charge in [-0.2, -0.15) is 5.10 Å². The van der Waals surface area contributed by atoms with Crippen LogP contribution in [0, 0.1) is 6.92 Å². The summed E-state index contributed by atoms with van der Waals surface area (Å²) in [5, 5.41) is 3.87. The number of esters is 1. The summed E-state index contributed by atoms with van der Waals surface area (Å²) in [5.41, 5.74) is 4.11. The van der Waals surface area contributed by atoms with Gasteiger partial charge in [0, 0.05) is 0 Å². The molecule has 0 unspecified atom stereocenters. The van der Waals surface area contributed by atoms with Crippen molar-refractivity contribution in [2.45, 2.75) is 6.92 Å². The first-order valence-corrected chi connectivity index (χ1v) is 7.88. The number of hydrogen-bond donors (Lipinski definition) is 1. The van der Waals surface area contributed by atoms with Gasteiger partial charge in [0.25, 0.3) is 5.91 Å². The van der Waals surface area contributed by atoms with Gasteiger partial charge in [-0.05, 0) is 48.4 Å². The first-order chi connectivity index (χ1) is 12.6. The fraction of sp³-hybridized carbons (Fsp3) is 0.211. The standard InChI is InChI=1S/C19H20N2O5/c1-14-5-3-4-6-17(14)26-12-18(22)21-20-11-15-7-9-16(10-8-15)25-13-19(23)24-2/h3-11H,12-13H2,1-2H3,(H,21,22)/b20-11-. The Bertz CT molecular complexity index is 772. The average molecular weight is 356 g/mol. The molecule has 0 aliphatic carbocycles. The van der Waals surface area contributed by atoms with Crippen molar-refractivity contribution in [2.75, 3.05) is 20.3 Å². The molecule has 7 nitrogen and oxygen atoms in total. The summed E-state index contributed by atoms with van der Waals surface area (Å²) in [7, 11) is 1.30. The topological polar surface area (TPSA) is 86.2 Å². The van der Waals surface area contributed by atoms with Gasteiger partial charge in [-0.25, -0.2) is 10.2 Å². The van der Waals surface area contributed by atoms with Crippen LogP contribution in [-0.4, -0.2) is 38.4 Å². The van der Waals surface area contributed by atoms with E-state index in [4.69, 9.17) is 9.47 Å². The van der Waals surface area contributed by atoms with Crippen molar-refractivity contribution in [2.24, 2.45) is 5.10 Å². The molecule has 0 atom stereocenters. The number of amides is 1. The molecule has 0 spiro atoms. The first kappa shape index (κ1) is 19.0. The molecular weight excluding hydrogens is 336 g/mol. The lowest BCUT2D eigenvalue weighted by Gasteiger charge is -2.07. The molecule has 0 saturated heterocycles. The molecule has 2 aromatic rings. The van der Waals surface area contributed by atoms with E-state index in [1.807, 2.05) is 25.1 Å². The van der Waals surface area contributed by atoms with E-state index in [2.05, 4.69) is 15.3 Å². The Morgan fingerprint density at radius 1 is 1.04 bits per heavy atom. The highest BCUT2D eigenvalue weighted by Crippen LogP contribution is 2.15. The van der Waals surface area contributed by atoms with Crippen molar-refractivity contribution in [1.29, 1.82) is 0 Å². The molecule has 0 radical (unpaired) electrons. The highest BCUT2D eigenvalue weighted by atomic mass is 16.6. The highest BCUT2D eigenvalue weighted by Gasteiger charge is 2.03. The highest BCUT2D eigenvalue weighted by molar-refractivity contribution is 5.83. The number of nitrogens with one attached hydrogen (secondary N) is 1. The predicted octanol–water partition coefficient (Wildman–Crippen LogP) is 2.08. The van der Waals surface area contributed by atoms with Crippen LogP contribution in [0.2, 0.25) is 0 Å². The molecule has 1 amide bonds. The molecule has 2 aromatic carbocycles. The number of nitrogens with zero attached hydrogens (tertiary/aromatic N) is 1. The zero-order valence-electron chi connectivity index (χ0n) is 14.6. The van der Waals surface area contributed by atoms with Gasteiger partial charge in [-0.1, -0.05) is 18.2 Å². The number of ether oxygens (including phenoxy) is 3. The predicted molar refractivity (Wildman–Crippen MR) is 96.4 cm³/mol. The van der Waals surface area contributed by atoms with E-state index in [1.54, 1.807) is 30.3 Å². The number of carbonyl (C=O) groups is 2. The molecule has 0 saturated carbocycles. The lowest BCUT2D eigenvalue weighted by molar-refractivity contribution is -0.142. The van der Waals surface area contributed by atoms with Gasteiger partial charge in [0.2, 0.25) is 0 Å². The second-order valence-corrected chi connectivity index (χ2v) is 5.28. The second-order valence-electron chi connectivity index (χ2n) is 5.28. The summed E-state index contributed by atoms with van der Waals surface area (Å²) < 4.78 is 15.2. The van der Waals surface area contributed by atoms with Crippen LogP contribution in [-0.2, 0) is 14.3 Å².